The molecule has 3 nitrogen and oxygen atoms in total. The highest BCUT2D eigenvalue weighted by molar-refractivity contribution is 9.13. The lowest BCUT2D eigenvalue weighted by Crippen LogP contribution is -2.18. The van der Waals surface area contributed by atoms with Crippen LogP contribution in [0, 0.1) is 0 Å². The zero-order valence-corrected chi connectivity index (χ0v) is 11.5. The van der Waals surface area contributed by atoms with Crippen molar-refractivity contribution < 1.29 is 9.53 Å². The Morgan fingerprint density at radius 2 is 2.07 bits per heavy atom. The third-order valence-electron chi connectivity index (χ3n) is 2.02. The summed E-state index contributed by atoms with van der Waals surface area (Å²) in [6.45, 7) is 0.396. The number of benzene rings is 1. The van der Waals surface area contributed by atoms with Crippen molar-refractivity contribution in [2.75, 3.05) is 6.61 Å². The molecule has 1 atom stereocenters. The molecule has 0 unspecified atom stereocenters. The van der Waals surface area contributed by atoms with E-state index >= 15 is 0 Å². The first kappa shape index (κ1) is 12.8. The van der Waals surface area contributed by atoms with Crippen LogP contribution >= 0.6 is 44.3 Å². The molecule has 0 bridgehead atoms. The standard InChI is InChI=1S/C9H7Br2NO2.ClH/c10-6-2-1-5(3-7(6)11)8-4-14-9(13)12-8;/h1-3,8H,4H2,(H,12,13);1H/t8-;/m1./s1. The first-order valence-corrected chi connectivity index (χ1v) is 5.63. The summed E-state index contributed by atoms with van der Waals surface area (Å²) in [4.78, 5) is 10.8. The van der Waals surface area contributed by atoms with Crippen LogP contribution in [-0.2, 0) is 4.74 Å². The van der Waals surface area contributed by atoms with Crippen molar-refractivity contribution in [2.24, 2.45) is 0 Å². The molecule has 0 saturated carbocycles. The van der Waals surface area contributed by atoms with E-state index < -0.39 is 0 Å². The van der Waals surface area contributed by atoms with E-state index in [4.69, 9.17) is 4.74 Å². The SMILES string of the molecule is Cl.O=C1N[C@@H](c2ccc(Br)c(Br)c2)CO1. The lowest BCUT2D eigenvalue weighted by molar-refractivity contribution is 0.177. The van der Waals surface area contributed by atoms with Crippen molar-refractivity contribution in [3.8, 4) is 0 Å². The van der Waals surface area contributed by atoms with Gasteiger partial charge in [-0.3, -0.25) is 0 Å². The molecule has 0 aliphatic carbocycles. The van der Waals surface area contributed by atoms with Crippen LogP contribution in [0.4, 0.5) is 4.79 Å². The zero-order chi connectivity index (χ0) is 10.1. The Bertz CT molecular complexity index is 386. The average Bonchev–Trinajstić information content (AvgIpc) is 2.57. The van der Waals surface area contributed by atoms with Gasteiger partial charge in [-0.2, -0.15) is 0 Å². The molecular weight excluding hydrogens is 349 g/mol. The number of carbonyl (C=O) groups excluding carboxylic acids is 1. The topological polar surface area (TPSA) is 38.3 Å². The predicted octanol–water partition coefficient (Wildman–Crippen LogP) is 3.41. The molecule has 1 N–H and O–H groups in total. The second-order valence-electron chi connectivity index (χ2n) is 2.97. The van der Waals surface area contributed by atoms with Crippen molar-refractivity contribution in [2.45, 2.75) is 6.04 Å². The van der Waals surface area contributed by atoms with Crippen LogP contribution in [0.1, 0.15) is 11.6 Å². The Morgan fingerprint density at radius 1 is 1.33 bits per heavy atom. The average molecular weight is 357 g/mol. The zero-order valence-electron chi connectivity index (χ0n) is 7.50. The molecule has 1 fully saturated rings. The predicted molar refractivity (Wildman–Crippen MR) is 66.3 cm³/mol. The van der Waals surface area contributed by atoms with Gasteiger partial charge in [0.15, 0.2) is 0 Å². The van der Waals surface area contributed by atoms with E-state index in [0.717, 1.165) is 14.5 Å². The Labute approximate surface area is 110 Å². The molecule has 1 saturated heterocycles. The van der Waals surface area contributed by atoms with E-state index in [2.05, 4.69) is 37.2 Å². The minimum absolute atomic E-state index is 0. The quantitative estimate of drug-likeness (QED) is 0.836. The molecular formula is C9H8Br2ClNO2. The molecule has 1 aromatic carbocycles. The second-order valence-corrected chi connectivity index (χ2v) is 4.68. The van der Waals surface area contributed by atoms with Gasteiger partial charge in [0, 0.05) is 8.95 Å². The van der Waals surface area contributed by atoms with Gasteiger partial charge in [-0.1, -0.05) is 6.07 Å². The number of hydrogen-bond donors (Lipinski definition) is 1. The van der Waals surface area contributed by atoms with Gasteiger partial charge in [0.25, 0.3) is 0 Å². The number of hydrogen-bond acceptors (Lipinski definition) is 2. The molecule has 0 spiro atoms. The maximum Gasteiger partial charge on any atom is 0.407 e. The lowest BCUT2D eigenvalue weighted by atomic mass is 10.1. The Kier molecular flexibility index (Phi) is 4.43. The Balaban J connectivity index is 0.00000112. The maximum absolute atomic E-state index is 10.8. The van der Waals surface area contributed by atoms with Crippen LogP contribution in [0.15, 0.2) is 27.1 Å². The van der Waals surface area contributed by atoms with Crippen LogP contribution in [-0.4, -0.2) is 12.7 Å². The van der Waals surface area contributed by atoms with E-state index in [1.807, 2.05) is 18.2 Å². The van der Waals surface area contributed by atoms with Gasteiger partial charge in [-0.15, -0.1) is 12.4 Å². The van der Waals surface area contributed by atoms with Gasteiger partial charge in [-0.25, -0.2) is 4.79 Å². The summed E-state index contributed by atoms with van der Waals surface area (Å²) in [6, 6.07) is 5.81. The Morgan fingerprint density at radius 3 is 2.60 bits per heavy atom. The van der Waals surface area contributed by atoms with Gasteiger partial charge >= 0.3 is 6.09 Å². The normalized spacial score (nSPS) is 19.1. The molecule has 1 aromatic rings. The van der Waals surface area contributed by atoms with Crippen LogP contribution in [0.3, 0.4) is 0 Å². The number of cyclic esters (lactones) is 1. The van der Waals surface area contributed by atoms with Crippen LogP contribution < -0.4 is 5.32 Å². The van der Waals surface area contributed by atoms with Gasteiger partial charge in [0.2, 0.25) is 0 Å². The fraction of sp³-hybridized carbons (Fsp3) is 0.222. The fourth-order valence-electron chi connectivity index (χ4n) is 1.29. The second kappa shape index (κ2) is 5.18. The molecule has 1 amide bonds. The van der Waals surface area contributed by atoms with Crippen LogP contribution in [0.25, 0.3) is 0 Å². The molecule has 6 heteroatoms. The summed E-state index contributed by atoms with van der Waals surface area (Å²) >= 11 is 6.79. The van der Waals surface area contributed by atoms with E-state index in [9.17, 15) is 4.79 Å². The monoisotopic (exact) mass is 355 g/mol. The first-order chi connectivity index (χ1) is 6.66. The van der Waals surface area contributed by atoms with Crippen molar-refractivity contribution in [1.82, 2.24) is 5.32 Å². The summed E-state index contributed by atoms with van der Waals surface area (Å²) in [5, 5.41) is 2.72. The number of ether oxygens (including phenoxy) is 1. The third-order valence-corrected chi connectivity index (χ3v) is 3.90. The number of rotatable bonds is 1. The third kappa shape index (κ3) is 2.86. The van der Waals surface area contributed by atoms with E-state index in [1.54, 1.807) is 0 Å². The fourth-order valence-corrected chi connectivity index (χ4v) is 1.94. The number of halogens is 3. The van der Waals surface area contributed by atoms with Gasteiger partial charge in [-0.05, 0) is 49.6 Å². The summed E-state index contributed by atoms with van der Waals surface area (Å²) in [5.74, 6) is 0. The molecule has 1 aliphatic rings. The first-order valence-electron chi connectivity index (χ1n) is 4.05. The highest BCUT2D eigenvalue weighted by Crippen LogP contribution is 2.27. The van der Waals surface area contributed by atoms with Crippen molar-refractivity contribution in [1.29, 1.82) is 0 Å². The number of amides is 1. The molecule has 2 rings (SSSR count). The highest BCUT2D eigenvalue weighted by Gasteiger charge is 2.23. The molecule has 15 heavy (non-hydrogen) atoms. The molecule has 0 aromatic heterocycles. The van der Waals surface area contributed by atoms with E-state index in [-0.39, 0.29) is 24.5 Å². The van der Waals surface area contributed by atoms with Crippen LogP contribution in [0.2, 0.25) is 0 Å². The molecule has 1 heterocycles. The smallest absolute Gasteiger partial charge is 0.407 e. The highest BCUT2D eigenvalue weighted by atomic mass is 79.9. The maximum atomic E-state index is 10.8. The summed E-state index contributed by atoms with van der Waals surface area (Å²) in [5.41, 5.74) is 1.03. The van der Waals surface area contributed by atoms with E-state index in [1.165, 1.54) is 0 Å². The van der Waals surface area contributed by atoms with Gasteiger partial charge in [0.05, 0.1) is 6.04 Å². The number of nitrogens with one attached hydrogen (secondary N) is 1. The largest absolute Gasteiger partial charge is 0.447 e. The van der Waals surface area contributed by atoms with Crippen molar-refractivity contribution in [3.63, 3.8) is 0 Å². The lowest BCUT2D eigenvalue weighted by Gasteiger charge is -2.08. The van der Waals surface area contributed by atoms with Crippen molar-refractivity contribution >= 4 is 50.4 Å². The van der Waals surface area contributed by atoms with Gasteiger partial charge in [0.1, 0.15) is 6.61 Å². The van der Waals surface area contributed by atoms with E-state index in [0.29, 0.717) is 6.61 Å². The minimum atomic E-state index is -0.353. The molecule has 0 radical (unpaired) electrons. The van der Waals surface area contributed by atoms with Gasteiger partial charge < -0.3 is 10.1 Å². The number of alkyl carbamates (subject to hydrolysis) is 1. The van der Waals surface area contributed by atoms with Crippen molar-refractivity contribution in [3.05, 3.63) is 32.7 Å². The molecule has 82 valence electrons. The summed E-state index contributed by atoms with van der Waals surface area (Å²) < 4.78 is 6.77. The Hall–Kier alpha value is -0.260. The summed E-state index contributed by atoms with van der Waals surface area (Å²) in [6.07, 6.45) is -0.353. The minimum Gasteiger partial charge on any atom is -0.447 e. The molecule has 1 aliphatic heterocycles. The summed E-state index contributed by atoms with van der Waals surface area (Å²) in [7, 11) is 0. The number of carbonyl (C=O) groups is 1. The van der Waals surface area contributed by atoms with Crippen LogP contribution in [0.5, 0.6) is 0 Å².